The molecule has 4 heteroatoms. The summed E-state index contributed by atoms with van der Waals surface area (Å²) in [6.45, 7) is 3.52. The standard InChI is InChI=1S/C10H10N2O2/c1-9(11-7-13)3-5-10(2,6-4-9)12-8-14/h3-6H,1-2H3. The van der Waals surface area contributed by atoms with Crippen LogP contribution < -0.4 is 0 Å². The second-order valence-corrected chi connectivity index (χ2v) is 3.52. The lowest BCUT2D eigenvalue weighted by atomic mass is 9.88. The molecule has 0 aliphatic heterocycles. The first-order valence-electron chi connectivity index (χ1n) is 4.12. The third-order valence-electron chi connectivity index (χ3n) is 2.09. The zero-order valence-electron chi connectivity index (χ0n) is 8.02. The highest BCUT2D eigenvalue weighted by Gasteiger charge is 2.26. The number of rotatable bonds is 2. The van der Waals surface area contributed by atoms with Crippen molar-refractivity contribution in [1.82, 2.24) is 0 Å². The first-order valence-corrected chi connectivity index (χ1v) is 4.12. The van der Waals surface area contributed by atoms with Crippen molar-refractivity contribution in [3.63, 3.8) is 0 Å². The van der Waals surface area contributed by atoms with E-state index in [2.05, 4.69) is 9.98 Å². The van der Waals surface area contributed by atoms with E-state index in [1.807, 2.05) is 0 Å². The van der Waals surface area contributed by atoms with Gasteiger partial charge in [0, 0.05) is 0 Å². The van der Waals surface area contributed by atoms with Crippen LogP contribution in [0.3, 0.4) is 0 Å². The molecule has 0 radical (unpaired) electrons. The fourth-order valence-electron chi connectivity index (χ4n) is 1.13. The van der Waals surface area contributed by atoms with Gasteiger partial charge in [0.25, 0.3) is 0 Å². The Morgan fingerprint density at radius 3 is 1.36 bits per heavy atom. The van der Waals surface area contributed by atoms with Crippen molar-refractivity contribution in [3.8, 4) is 0 Å². The van der Waals surface area contributed by atoms with Gasteiger partial charge in [0.15, 0.2) is 0 Å². The Morgan fingerprint density at radius 2 is 1.14 bits per heavy atom. The Bertz CT molecular complexity index is 333. The smallest absolute Gasteiger partial charge is 0.211 e. The van der Waals surface area contributed by atoms with Gasteiger partial charge in [0.05, 0.1) is 0 Å². The number of hydrogen-bond acceptors (Lipinski definition) is 4. The maximum atomic E-state index is 10.1. The number of hydrogen-bond donors (Lipinski definition) is 0. The quantitative estimate of drug-likeness (QED) is 0.374. The van der Waals surface area contributed by atoms with Gasteiger partial charge in [0.2, 0.25) is 12.2 Å². The highest BCUT2D eigenvalue weighted by atomic mass is 16.1. The van der Waals surface area contributed by atoms with Gasteiger partial charge in [0.1, 0.15) is 11.1 Å². The average molecular weight is 190 g/mol. The maximum absolute atomic E-state index is 10.1. The van der Waals surface area contributed by atoms with Gasteiger partial charge in [-0.1, -0.05) is 24.3 Å². The van der Waals surface area contributed by atoms with E-state index in [0.717, 1.165) is 0 Å². The predicted octanol–water partition coefficient (Wildman–Crippen LogP) is 1.30. The van der Waals surface area contributed by atoms with Gasteiger partial charge in [-0.25, -0.2) is 9.59 Å². The van der Waals surface area contributed by atoms with Crippen LogP contribution in [0.15, 0.2) is 34.3 Å². The molecule has 14 heavy (non-hydrogen) atoms. The molecule has 0 atom stereocenters. The van der Waals surface area contributed by atoms with Crippen LogP contribution in [-0.2, 0) is 9.59 Å². The maximum Gasteiger partial charge on any atom is 0.236 e. The van der Waals surface area contributed by atoms with Crippen LogP contribution in [0.5, 0.6) is 0 Å². The summed E-state index contributed by atoms with van der Waals surface area (Å²) in [6.07, 6.45) is 9.83. The molecule has 4 nitrogen and oxygen atoms in total. The minimum absolute atomic E-state index is 0.667. The first-order chi connectivity index (χ1) is 6.54. The molecule has 0 saturated heterocycles. The summed E-state index contributed by atoms with van der Waals surface area (Å²) >= 11 is 0. The Hall–Kier alpha value is -1.76. The molecule has 0 spiro atoms. The summed E-state index contributed by atoms with van der Waals surface area (Å²) < 4.78 is 0. The van der Waals surface area contributed by atoms with E-state index in [-0.39, 0.29) is 0 Å². The molecule has 0 aromatic heterocycles. The Balaban J connectivity index is 2.99. The summed E-state index contributed by atoms with van der Waals surface area (Å²) in [5, 5.41) is 0. The van der Waals surface area contributed by atoms with Crippen LogP contribution in [0.4, 0.5) is 0 Å². The fraction of sp³-hybridized carbons (Fsp3) is 0.400. The van der Waals surface area contributed by atoms with Crippen molar-refractivity contribution in [2.75, 3.05) is 0 Å². The minimum atomic E-state index is -0.667. The third-order valence-corrected chi connectivity index (χ3v) is 2.09. The molecule has 72 valence electrons. The third kappa shape index (κ3) is 2.13. The van der Waals surface area contributed by atoms with E-state index in [1.54, 1.807) is 38.2 Å². The SMILES string of the molecule is CC1(N=C=O)C=CC(C)(N=C=O)C=C1. The fourth-order valence-corrected chi connectivity index (χ4v) is 1.13. The van der Waals surface area contributed by atoms with Crippen LogP contribution in [0.2, 0.25) is 0 Å². The molecule has 0 N–H and O–H groups in total. The van der Waals surface area contributed by atoms with Crippen LogP contribution in [0.25, 0.3) is 0 Å². The predicted molar refractivity (Wildman–Crippen MR) is 51.3 cm³/mol. The van der Waals surface area contributed by atoms with Gasteiger partial charge in [-0.05, 0) is 13.8 Å². The normalized spacial score (nSPS) is 34.4. The molecule has 1 rings (SSSR count). The van der Waals surface area contributed by atoms with Gasteiger partial charge < -0.3 is 0 Å². The number of carbonyl (C=O) groups excluding carboxylic acids is 2. The van der Waals surface area contributed by atoms with Crippen molar-refractivity contribution >= 4 is 12.2 Å². The molecule has 0 saturated carbocycles. The molecular formula is C10H10N2O2. The van der Waals surface area contributed by atoms with E-state index < -0.39 is 11.1 Å². The van der Waals surface area contributed by atoms with E-state index in [1.165, 1.54) is 12.2 Å². The van der Waals surface area contributed by atoms with E-state index >= 15 is 0 Å². The average Bonchev–Trinajstić information content (AvgIpc) is 2.13. The van der Waals surface area contributed by atoms with Crippen molar-refractivity contribution in [3.05, 3.63) is 24.3 Å². The largest absolute Gasteiger partial charge is 0.236 e. The van der Waals surface area contributed by atoms with Crippen LogP contribution in [0.1, 0.15) is 13.8 Å². The highest BCUT2D eigenvalue weighted by Crippen LogP contribution is 2.26. The van der Waals surface area contributed by atoms with E-state index in [0.29, 0.717) is 0 Å². The highest BCUT2D eigenvalue weighted by molar-refractivity contribution is 5.44. The van der Waals surface area contributed by atoms with Gasteiger partial charge in [-0.15, -0.1) is 0 Å². The Labute approximate surface area is 81.8 Å². The molecule has 0 aromatic carbocycles. The molecule has 0 amide bonds. The Morgan fingerprint density at radius 1 is 0.857 bits per heavy atom. The van der Waals surface area contributed by atoms with Crippen LogP contribution in [-0.4, -0.2) is 23.2 Å². The van der Waals surface area contributed by atoms with E-state index in [9.17, 15) is 9.59 Å². The Kier molecular flexibility index (Phi) is 2.61. The number of isocyanates is 2. The molecule has 1 aliphatic carbocycles. The minimum Gasteiger partial charge on any atom is -0.211 e. The van der Waals surface area contributed by atoms with E-state index in [4.69, 9.17) is 0 Å². The second kappa shape index (κ2) is 3.54. The first kappa shape index (κ1) is 10.3. The zero-order valence-corrected chi connectivity index (χ0v) is 8.02. The number of nitrogens with zero attached hydrogens (tertiary/aromatic N) is 2. The second-order valence-electron chi connectivity index (χ2n) is 3.52. The molecule has 0 bridgehead atoms. The van der Waals surface area contributed by atoms with Crippen molar-refractivity contribution in [2.45, 2.75) is 24.9 Å². The molecule has 0 fully saturated rings. The van der Waals surface area contributed by atoms with Crippen LogP contribution in [0, 0.1) is 0 Å². The summed E-state index contributed by atoms with van der Waals surface area (Å²) in [7, 11) is 0. The lowest BCUT2D eigenvalue weighted by molar-refractivity contribution is 0.549. The van der Waals surface area contributed by atoms with Crippen LogP contribution >= 0.6 is 0 Å². The van der Waals surface area contributed by atoms with Gasteiger partial charge >= 0.3 is 0 Å². The summed E-state index contributed by atoms with van der Waals surface area (Å²) in [4.78, 5) is 27.5. The molecule has 0 aromatic rings. The lowest BCUT2D eigenvalue weighted by Gasteiger charge is -2.24. The summed E-state index contributed by atoms with van der Waals surface area (Å²) in [5.74, 6) is 0. The molecular weight excluding hydrogens is 180 g/mol. The van der Waals surface area contributed by atoms with Crippen molar-refractivity contribution < 1.29 is 9.59 Å². The monoisotopic (exact) mass is 190 g/mol. The molecule has 0 heterocycles. The van der Waals surface area contributed by atoms with Gasteiger partial charge in [-0.3, -0.25) is 0 Å². The lowest BCUT2D eigenvalue weighted by Crippen LogP contribution is -2.26. The van der Waals surface area contributed by atoms with Gasteiger partial charge in [-0.2, -0.15) is 9.98 Å². The molecule has 0 unspecified atom stereocenters. The number of aliphatic imine (C=N–C) groups is 2. The molecule has 1 aliphatic rings. The zero-order chi connectivity index (χ0) is 10.7. The van der Waals surface area contributed by atoms with Crippen molar-refractivity contribution in [1.29, 1.82) is 0 Å². The summed E-state index contributed by atoms with van der Waals surface area (Å²) in [5.41, 5.74) is -1.33. The van der Waals surface area contributed by atoms with Crippen molar-refractivity contribution in [2.24, 2.45) is 9.98 Å². The topological polar surface area (TPSA) is 58.9 Å². The summed E-state index contributed by atoms with van der Waals surface area (Å²) in [6, 6.07) is 0.